The Morgan fingerprint density at radius 2 is 2.00 bits per heavy atom. The number of hydrogen-bond acceptors (Lipinski definition) is 8. The molecular formula is C29H30N2O6S. The fourth-order valence-electron chi connectivity index (χ4n) is 4.13. The number of carbonyl (C=O) groups excluding carboxylic acids is 1. The molecule has 3 aromatic rings. The first-order chi connectivity index (χ1) is 18.4. The summed E-state index contributed by atoms with van der Waals surface area (Å²) in [7, 11) is 1.46. The Labute approximate surface area is 224 Å². The van der Waals surface area contributed by atoms with E-state index in [1.54, 1.807) is 25.1 Å². The van der Waals surface area contributed by atoms with Crippen molar-refractivity contribution in [2.24, 2.45) is 4.99 Å². The highest BCUT2D eigenvalue weighted by Gasteiger charge is 2.33. The molecule has 2 aromatic carbocycles. The Kier molecular flexibility index (Phi) is 8.48. The monoisotopic (exact) mass is 534 g/mol. The molecular weight excluding hydrogens is 504 g/mol. The highest BCUT2D eigenvalue weighted by molar-refractivity contribution is 7.07. The highest BCUT2D eigenvalue weighted by Crippen LogP contribution is 2.32. The molecule has 0 bridgehead atoms. The maximum Gasteiger partial charge on any atom is 0.338 e. The third kappa shape index (κ3) is 5.57. The Bertz CT molecular complexity index is 1550. The van der Waals surface area contributed by atoms with Gasteiger partial charge in [0.2, 0.25) is 0 Å². The van der Waals surface area contributed by atoms with Crippen molar-refractivity contribution in [1.82, 2.24) is 4.57 Å². The number of carbonyl (C=O) groups is 1. The van der Waals surface area contributed by atoms with Crippen LogP contribution in [0, 0.1) is 0 Å². The highest BCUT2D eigenvalue weighted by atomic mass is 32.1. The van der Waals surface area contributed by atoms with Crippen molar-refractivity contribution in [2.75, 3.05) is 20.3 Å². The smallest absolute Gasteiger partial charge is 0.338 e. The molecule has 8 nitrogen and oxygen atoms in total. The van der Waals surface area contributed by atoms with Gasteiger partial charge in [0.15, 0.2) is 16.3 Å². The summed E-state index contributed by atoms with van der Waals surface area (Å²) in [5, 5.41) is 9.92. The van der Waals surface area contributed by atoms with Crippen LogP contribution in [0.25, 0.3) is 6.08 Å². The molecule has 4 rings (SSSR count). The lowest BCUT2D eigenvalue weighted by atomic mass is 9.96. The molecule has 1 unspecified atom stereocenters. The minimum absolute atomic E-state index is 0.00605. The molecule has 38 heavy (non-hydrogen) atoms. The number of benzene rings is 2. The summed E-state index contributed by atoms with van der Waals surface area (Å²) in [5.41, 5.74) is 1.88. The average molecular weight is 535 g/mol. The van der Waals surface area contributed by atoms with Gasteiger partial charge in [-0.2, -0.15) is 0 Å². The van der Waals surface area contributed by atoms with Crippen LogP contribution in [-0.2, 0) is 9.53 Å². The molecule has 0 amide bonds. The number of methoxy groups -OCH3 is 1. The molecule has 0 aliphatic carbocycles. The van der Waals surface area contributed by atoms with Crippen LogP contribution >= 0.6 is 11.3 Å². The lowest BCUT2D eigenvalue weighted by molar-refractivity contribution is -0.138. The maximum atomic E-state index is 13.7. The van der Waals surface area contributed by atoms with E-state index in [0.717, 1.165) is 18.4 Å². The van der Waals surface area contributed by atoms with Crippen LogP contribution in [0.3, 0.4) is 0 Å². The Morgan fingerprint density at radius 3 is 2.68 bits per heavy atom. The predicted molar refractivity (Wildman–Crippen MR) is 146 cm³/mol. The first kappa shape index (κ1) is 26.9. The summed E-state index contributed by atoms with van der Waals surface area (Å²) in [6, 6.07) is 11.5. The maximum absolute atomic E-state index is 13.7. The zero-order valence-corrected chi connectivity index (χ0v) is 22.4. The third-order valence-corrected chi connectivity index (χ3v) is 7.02. The van der Waals surface area contributed by atoms with Gasteiger partial charge >= 0.3 is 5.97 Å². The molecule has 1 atom stereocenters. The van der Waals surface area contributed by atoms with E-state index in [4.69, 9.17) is 14.2 Å². The van der Waals surface area contributed by atoms with E-state index in [1.165, 1.54) is 35.2 Å². The minimum Gasteiger partial charge on any atom is -0.504 e. The number of phenolic OH excluding ortho intramolecular Hbond substituents is 1. The summed E-state index contributed by atoms with van der Waals surface area (Å²) in [4.78, 5) is 31.9. The lowest BCUT2D eigenvalue weighted by Crippen LogP contribution is -2.39. The average Bonchev–Trinajstić information content (AvgIpc) is 3.22. The number of allylic oxidation sites excluding steroid dienone is 1. The SMILES string of the molecule is C=CCOC(=O)C1=C(C)N=c2sc(=Cc3ccc(O)c(OC)c3)c(=O)n2C1c1ccc(OCCCC)cc1. The van der Waals surface area contributed by atoms with Gasteiger partial charge in [-0.25, -0.2) is 9.79 Å². The first-order valence-electron chi connectivity index (χ1n) is 12.3. The summed E-state index contributed by atoms with van der Waals surface area (Å²) in [6.45, 7) is 8.11. The molecule has 0 fully saturated rings. The molecule has 1 aliphatic heterocycles. The van der Waals surface area contributed by atoms with E-state index in [2.05, 4.69) is 18.5 Å². The van der Waals surface area contributed by atoms with Crippen LogP contribution in [0.1, 0.15) is 43.9 Å². The van der Waals surface area contributed by atoms with E-state index in [0.29, 0.717) is 38.7 Å². The second-order valence-electron chi connectivity index (χ2n) is 8.67. The fraction of sp³-hybridized carbons (Fsp3) is 0.276. The van der Waals surface area contributed by atoms with Crippen LogP contribution in [0.15, 0.2) is 76.2 Å². The number of esters is 1. The van der Waals surface area contributed by atoms with Crippen molar-refractivity contribution >= 4 is 23.4 Å². The van der Waals surface area contributed by atoms with Crippen LogP contribution in [-0.4, -0.2) is 36.0 Å². The Hall–Kier alpha value is -4.11. The zero-order chi connectivity index (χ0) is 27.2. The van der Waals surface area contributed by atoms with Gasteiger partial charge in [-0.3, -0.25) is 9.36 Å². The molecule has 9 heteroatoms. The number of nitrogens with zero attached hydrogens (tertiary/aromatic N) is 2. The van der Waals surface area contributed by atoms with Crippen molar-refractivity contribution in [3.63, 3.8) is 0 Å². The summed E-state index contributed by atoms with van der Waals surface area (Å²) in [6.07, 6.45) is 5.19. The van der Waals surface area contributed by atoms with E-state index >= 15 is 0 Å². The van der Waals surface area contributed by atoms with Gasteiger partial charge in [0, 0.05) is 0 Å². The molecule has 0 spiro atoms. The zero-order valence-electron chi connectivity index (χ0n) is 21.6. The number of rotatable bonds is 10. The van der Waals surface area contributed by atoms with Crippen molar-refractivity contribution < 1.29 is 24.1 Å². The topological polar surface area (TPSA) is 99.4 Å². The fourth-order valence-corrected chi connectivity index (χ4v) is 5.17. The molecule has 1 N–H and O–H groups in total. The van der Waals surface area contributed by atoms with Gasteiger partial charge in [0.25, 0.3) is 5.56 Å². The summed E-state index contributed by atoms with van der Waals surface area (Å²) >= 11 is 1.22. The molecule has 1 aromatic heterocycles. The van der Waals surface area contributed by atoms with Gasteiger partial charge < -0.3 is 19.3 Å². The van der Waals surface area contributed by atoms with Crippen LogP contribution in [0.2, 0.25) is 0 Å². The van der Waals surface area contributed by atoms with Crippen LogP contribution in [0.4, 0.5) is 0 Å². The van der Waals surface area contributed by atoms with Crippen molar-refractivity contribution in [3.8, 4) is 17.2 Å². The number of hydrogen-bond donors (Lipinski definition) is 1. The van der Waals surface area contributed by atoms with Gasteiger partial charge in [-0.1, -0.05) is 55.5 Å². The Morgan fingerprint density at radius 1 is 1.24 bits per heavy atom. The van der Waals surface area contributed by atoms with Crippen molar-refractivity contribution in [1.29, 1.82) is 0 Å². The van der Waals surface area contributed by atoms with Gasteiger partial charge in [0.05, 0.1) is 35.6 Å². The largest absolute Gasteiger partial charge is 0.504 e. The molecule has 0 saturated heterocycles. The third-order valence-electron chi connectivity index (χ3n) is 6.04. The second-order valence-corrected chi connectivity index (χ2v) is 9.68. The molecule has 198 valence electrons. The molecule has 1 aliphatic rings. The molecule has 0 radical (unpaired) electrons. The van der Waals surface area contributed by atoms with E-state index < -0.39 is 12.0 Å². The lowest BCUT2D eigenvalue weighted by Gasteiger charge is -2.24. The molecule has 2 heterocycles. The number of ether oxygens (including phenoxy) is 3. The van der Waals surface area contributed by atoms with E-state index in [9.17, 15) is 14.7 Å². The minimum atomic E-state index is -0.732. The van der Waals surface area contributed by atoms with Crippen LogP contribution < -0.4 is 24.4 Å². The standard InChI is InChI=1S/C29H30N2O6S/c1-5-7-15-36-21-11-9-20(10-12-21)26-25(28(34)37-14-6-2)18(3)30-29-31(26)27(33)24(38-29)17-19-8-13-22(32)23(16-19)35-4/h6,8-13,16-17,26,32H,2,5,7,14-15H2,1,3-4H3. The van der Waals surface area contributed by atoms with Crippen LogP contribution in [0.5, 0.6) is 17.2 Å². The second kappa shape index (κ2) is 12.0. The van der Waals surface area contributed by atoms with Crippen molar-refractivity contribution in [2.45, 2.75) is 32.7 Å². The summed E-state index contributed by atoms with van der Waals surface area (Å²) in [5.74, 6) is 0.463. The summed E-state index contributed by atoms with van der Waals surface area (Å²) < 4.78 is 18.3. The van der Waals surface area contributed by atoms with Gasteiger partial charge in [-0.05, 0) is 54.8 Å². The first-order valence-corrected chi connectivity index (χ1v) is 13.1. The number of aromatic hydroxyl groups is 1. The molecule has 0 saturated carbocycles. The number of unbranched alkanes of at least 4 members (excludes halogenated alkanes) is 1. The number of fused-ring (bicyclic) bond motifs is 1. The van der Waals surface area contributed by atoms with E-state index in [1.807, 2.05) is 24.3 Å². The number of phenols is 1. The Balaban J connectivity index is 1.84. The van der Waals surface area contributed by atoms with Gasteiger partial charge in [0.1, 0.15) is 12.4 Å². The number of aromatic nitrogens is 1. The normalized spacial score (nSPS) is 15.0. The quantitative estimate of drug-likeness (QED) is 0.241. The predicted octanol–water partition coefficient (Wildman–Crippen LogP) is 3.86. The number of thiazole rings is 1. The van der Waals surface area contributed by atoms with Crippen molar-refractivity contribution in [3.05, 3.63) is 97.2 Å². The van der Waals surface area contributed by atoms with E-state index in [-0.39, 0.29) is 23.5 Å². The van der Waals surface area contributed by atoms with Gasteiger partial charge in [-0.15, -0.1) is 0 Å².